The Hall–Kier alpha value is -1.31. The van der Waals surface area contributed by atoms with Crippen LogP contribution in [0.2, 0.25) is 0 Å². The van der Waals surface area contributed by atoms with Crippen molar-refractivity contribution in [2.24, 2.45) is 0 Å². The van der Waals surface area contributed by atoms with Gasteiger partial charge in [0, 0.05) is 12.5 Å². The van der Waals surface area contributed by atoms with Crippen LogP contribution >= 0.6 is 0 Å². The maximum atomic E-state index is 10.8. The lowest BCUT2D eigenvalue weighted by atomic mass is 10.1. The summed E-state index contributed by atoms with van der Waals surface area (Å²) in [5, 5.41) is 0. The highest BCUT2D eigenvalue weighted by molar-refractivity contribution is 5.99. The van der Waals surface area contributed by atoms with Crippen molar-refractivity contribution in [3.05, 3.63) is 36.8 Å². The Bertz CT molecular complexity index is 279. The summed E-state index contributed by atoms with van der Waals surface area (Å²) < 4.78 is 5.22. The third kappa shape index (κ3) is 2.09. The molecule has 1 aromatic carbocycles. The van der Waals surface area contributed by atoms with Crippen molar-refractivity contribution in [1.29, 1.82) is 0 Å². The van der Waals surface area contributed by atoms with Crippen LogP contribution < -0.4 is 4.74 Å². The highest BCUT2D eigenvalue weighted by atomic mass is 16.5. The van der Waals surface area contributed by atoms with Gasteiger partial charge in [-0.3, -0.25) is 4.79 Å². The van der Waals surface area contributed by atoms with Crippen LogP contribution in [-0.2, 0) is 0 Å². The van der Waals surface area contributed by atoms with Gasteiger partial charge >= 0.3 is 0 Å². The molecule has 0 bridgehead atoms. The Balaban J connectivity index is 2.88. The fourth-order valence-corrected chi connectivity index (χ4v) is 0.926. The fraction of sp³-hybridized carbons (Fsp3) is 0.200. The van der Waals surface area contributed by atoms with E-state index in [4.69, 9.17) is 4.74 Å². The van der Waals surface area contributed by atoms with E-state index in [1.807, 2.05) is 13.0 Å². The summed E-state index contributed by atoms with van der Waals surface area (Å²) in [6, 6.07) is 7.01. The molecule has 0 spiro atoms. The molecule has 0 saturated carbocycles. The van der Waals surface area contributed by atoms with Crippen molar-refractivity contribution < 1.29 is 9.53 Å². The van der Waals surface area contributed by atoms with Crippen molar-refractivity contribution in [3.63, 3.8) is 0 Å². The number of carbonyl (C=O) groups excluding carboxylic acids is 1. The van der Waals surface area contributed by atoms with Gasteiger partial charge in [0.1, 0.15) is 5.75 Å². The quantitative estimate of drug-likeness (QED) is 0.638. The molecule has 63 valence electrons. The predicted molar refractivity (Wildman–Crippen MR) is 47.3 cm³/mol. The molecule has 0 amide bonds. The third-order valence-electron chi connectivity index (χ3n) is 1.47. The Morgan fingerprint density at radius 2 is 2.33 bits per heavy atom. The number of ketones is 1. The van der Waals surface area contributed by atoms with Crippen LogP contribution in [0.15, 0.2) is 24.3 Å². The van der Waals surface area contributed by atoms with Crippen LogP contribution in [0.5, 0.6) is 5.75 Å². The summed E-state index contributed by atoms with van der Waals surface area (Å²) in [5.41, 5.74) is 0.584. The molecular formula is C10H11O2. The van der Waals surface area contributed by atoms with Crippen molar-refractivity contribution >= 4 is 5.78 Å². The molecule has 2 heteroatoms. The SMILES string of the molecule is [CH2]C(=O)c1cccc(OCC)c1. The summed E-state index contributed by atoms with van der Waals surface area (Å²) in [4.78, 5) is 10.8. The van der Waals surface area contributed by atoms with Gasteiger partial charge in [0.15, 0.2) is 5.78 Å². The predicted octanol–water partition coefficient (Wildman–Crippen LogP) is 2.10. The average molecular weight is 163 g/mol. The maximum absolute atomic E-state index is 10.8. The first-order chi connectivity index (χ1) is 5.74. The van der Waals surface area contributed by atoms with Gasteiger partial charge in [0.25, 0.3) is 0 Å². The molecule has 1 rings (SSSR count). The van der Waals surface area contributed by atoms with Crippen LogP contribution in [0.4, 0.5) is 0 Å². The van der Waals surface area contributed by atoms with Crippen LogP contribution in [0, 0.1) is 6.92 Å². The minimum Gasteiger partial charge on any atom is -0.494 e. The second-order valence-corrected chi connectivity index (χ2v) is 2.38. The first kappa shape index (κ1) is 8.78. The van der Waals surface area contributed by atoms with E-state index < -0.39 is 0 Å². The van der Waals surface area contributed by atoms with Crippen molar-refractivity contribution in [3.8, 4) is 5.75 Å². The highest BCUT2D eigenvalue weighted by Crippen LogP contribution is 2.13. The van der Waals surface area contributed by atoms with Gasteiger partial charge in [-0.2, -0.15) is 0 Å². The summed E-state index contributed by atoms with van der Waals surface area (Å²) >= 11 is 0. The monoisotopic (exact) mass is 163 g/mol. The van der Waals surface area contributed by atoms with E-state index in [1.54, 1.807) is 18.2 Å². The van der Waals surface area contributed by atoms with E-state index in [0.717, 1.165) is 0 Å². The standard InChI is InChI=1S/C10H11O2/c1-3-12-10-6-4-5-9(7-10)8(2)11/h4-7H,2-3H2,1H3. The first-order valence-electron chi connectivity index (χ1n) is 3.83. The Kier molecular flexibility index (Phi) is 2.86. The zero-order valence-corrected chi connectivity index (χ0v) is 7.04. The van der Waals surface area contributed by atoms with Crippen LogP contribution in [0.1, 0.15) is 17.3 Å². The smallest absolute Gasteiger partial charge is 0.163 e. The van der Waals surface area contributed by atoms with E-state index in [-0.39, 0.29) is 5.78 Å². The van der Waals surface area contributed by atoms with Crippen molar-refractivity contribution in [2.75, 3.05) is 6.61 Å². The number of carbonyl (C=O) groups is 1. The van der Waals surface area contributed by atoms with Gasteiger partial charge in [-0.05, 0) is 19.1 Å². The fourth-order valence-electron chi connectivity index (χ4n) is 0.926. The molecule has 0 heterocycles. The summed E-state index contributed by atoms with van der Waals surface area (Å²) in [6.07, 6.45) is 0. The number of ether oxygens (including phenoxy) is 1. The van der Waals surface area contributed by atoms with E-state index in [1.165, 1.54) is 0 Å². The maximum Gasteiger partial charge on any atom is 0.163 e. The lowest BCUT2D eigenvalue weighted by molar-refractivity contribution is 0.104. The molecule has 0 N–H and O–H groups in total. The van der Waals surface area contributed by atoms with Gasteiger partial charge < -0.3 is 4.74 Å². The molecule has 0 atom stereocenters. The molecule has 0 saturated heterocycles. The second kappa shape index (κ2) is 3.90. The summed E-state index contributed by atoms with van der Waals surface area (Å²) in [7, 11) is 0. The molecule has 0 aliphatic heterocycles. The number of Topliss-reactive ketones (excluding diaryl/α,β-unsaturated/α-hetero) is 1. The van der Waals surface area contributed by atoms with Gasteiger partial charge in [-0.15, -0.1) is 0 Å². The highest BCUT2D eigenvalue weighted by Gasteiger charge is 1.99. The molecule has 0 aromatic heterocycles. The van der Waals surface area contributed by atoms with Crippen LogP contribution in [0.25, 0.3) is 0 Å². The Morgan fingerprint density at radius 1 is 1.58 bits per heavy atom. The molecule has 12 heavy (non-hydrogen) atoms. The summed E-state index contributed by atoms with van der Waals surface area (Å²) in [5.74, 6) is 0.531. The second-order valence-electron chi connectivity index (χ2n) is 2.38. The minimum absolute atomic E-state index is 0.184. The largest absolute Gasteiger partial charge is 0.494 e. The number of rotatable bonds is 3. The Morgan fingerprint density at radius 3 is 2.92 bits per heavy atom. The van der Waals surface area contributed by atoms with Gasteiger partial charge in [0.2, 0.25) is 0 Å². The van der Waals surface area contributed by atoms with E-state index in [9.17, 15) is 4.79 Å². The van der Waals surface area contributed by atoms with Gasteiger partial charge in [-0.25, -0.2) is 0 Å². The lowest BCUT2D eigenvalue weighted by Crippen LogP contribution is -1.95. The zero-order chi connectivity index (χ0) is 8.97. The minimum atomic E-state index is -0.184. The van der Waals surface area contributed by atoms with E-state index in [0.29, 0.717) is 17.9 Å². The van der Waals surface area contributed by atoms with Gasteiger partial charge in [0.05, 0.1) is 6.61 Å². The topological polar surface area (TPSA) is 26.3 Å². The number of benzene rings is 1. The van der Waals surface area contributed by atoms with E-state index in [2.05, 4.69) is 6.92 Å². The van der Waals surface area contributed by atoms with Crippen molar-refractivity contribution in [2.45, 2.75) is 6.92 Å². The molecule has 1 radical (unpaired) electrons. The number of hydrogen-bond acceptors (Lipinski definition) is 2. The molecular weight excluding hydrogens is 152 g/mol. The third-order valence-corrected chi connectivity index (χ3v) is 1.47. The average Bonchev–Trinajstić information content (AvgIpc) is 2.05. The molecule has 0 unspecified atom stereocenters. The Labute approximate surface area is 72.2 Å². The van der Waals surface area contributed by atoms with Crippen molar-refractivity contribution in [1.82, 2.24) is 0 Å². The zero-order valence-electron chi connectivity index (χ0n) is 7.04. The van der Waals surface area contributed by atoms with Crippen LogP contribution in [-0.4, -0.2) is 12.4 Å². The number of hydrogen-bond donors (Lipinski definition) is 0. The molecule has 0 fully saturated rings. The lowest BCUT2D eigenvalue weighted by Gasteiger charge is -2.02. The molecule has 2 nitrogen and oxygen atoms in total. The summed E-state index contributed by atoms with van der Waals surface area (Å²) in [6.45, 7) is 5.82. The van der Waals surface area contributed by atoms with E-state index >= 15 is 0 Å². The first-order valence-corrected chi connectivity index (χ1v) is 3.83. The molecule has 1 aromatic rings. The van der Waals surface area contributed by atoms with Crippen LogP contribution in [0.3, 0.4) is 0 Å². The van der Waals surface area contributed by atoms with Gasteiger partial charge in [-0.1, -0.05) is 12.1 Å². The molecule has 0 aliphatic carbocycles. The normalized spacial score (nSPS) is 9.50. The molecule has 0 aliphatic rings.